The molecule has 0 amide bonds. The molecule has 1 aromatic carbocycles. The summed E-state index contributed by atoms with van der Waals surface area (Å²) in [6.07, 6.45) is 15.2. The number of hydrogen-bond donors (Lipinski definition) is 0. The Morgan fingerprint density at radius 3 is 2.03 bits per heavy atom. The van der Waals surface area contributed by atoms with E-state index in [2.05, 4.69) is 19.1 Å². The molecule has 35 heavy (non-hydrogen) atoms. The molecular formula is C30H42F4O. The summed E-state index contributed by atoms with van der Waals surface area (Å²) in [5, 5.41) is 0. The van der Waals surface area contributed by atoms with Crippen molar-refractivity contribution >= 4 is 0 Å². The van der Waals surface area contributed by atoms with Crippen LogP contribution in [0.2, 0.25) is 0 Å². The second kappa shape index (κ2) is 11.7. The van der Waals surface area contributed by atoms with Gasteiger partial charge in [-0.05, 0) is 125 Å². The lowest BCUT2D eigenvalue weighted by atomic mass is 9.66. The SMILES string of the molecule is CCCC1C=CC(C2CCC(C3CCC(COc4ccc(C)c(F)c4C(F)(F)F)CC3)CC2)CC1. The predicted octanol–water partition coefficient (Wildman–Crippen LogP) is 9.53. The molecule has 2 atom stereocenters. The van der Waals surface area contributed by atoms with Gasteiger partial charge >= 0.3 is 6.18 Å². The normalized spacial score (nSPS) is 31.9. The number of rotatable bonds is 7. The van der Waals surface area contributed by atoms with Crippen LogP contribution < -0.4 is 4.74 Å². The summed E-state index contributed by atoms with van der Waals surface area (Å²) in [5.41, 5.74) is -1.28. The van der Waals surface area contributed by atoms with Crippen molar-refractivity contribution in [3.63, 3.8) is 0 Å². The van der Waals surface area contributed by atoms with E-state index in [1.807, 2.05) is 0 Å². The number of ether oxygens (including phenoxy) is 1. The van der Waals surface area contributed by atoms with Gasteiger partial charge in [0.1, 0.15) is 17.1 Å². The number of aryl methyl sites for hydroxylation is 1. The predicted molar refractivity (Wildman–Crippen MR) is 133 cm³/mol. The lowest BCUT2D eigenvalue weighted by Gasteiger charge is -2.40. The maximum atomic E-state index is 14.2. The van der Waals surface area contributed by atoms with Gasteiger partial charge in [0, 0.05) is 0 Å². The zero-order valence-electron chi connectivity index (χ0n) is 21.4. The van der Waals surface area contributed by atoms with Crippen molar-refractivity contribution in [3.8, 4) is 5.75 Å². The van der Waals surface area contributed by atoms with E-state index in [1.165, 1.54) is 70.4 Å². The Hall–Kier alpha value is -1.52. The van der Waals surface area contributed by atoms with E-state index in [0.29, 0.717) is 0 Å². The third-order valence-electron chi connectivity index (χ3n) is 9.20. The standard InChI is InChI=1S/C30H42F4O/c1-3-4-21-6-10-23(11-7-21)25-14-16-26(17-15-25)24-12-8-22(9-13-24)19-35-27-18-5-20(2)29(31)28(27)30(32,33)34/h5-6,10,18,21-26H,3-4,7-9,11-17,19H2,1-2H3. The zero-order chi connectivity index (χ0) is 25.0. The second-order valence-corrected chi connectivity index (χ2v) is 11.5. The lowest BCUT2D eigenvalue weighted by molar-refractivity contribution is -0.141. The van der Waals surface area contributed by atoms with E-state index in [-0.39, 0.29) is 23.8 Å². The van der Waals surface area contributed by atoms with Crippen LogP contribution in [0.15, 0.2) is 24.3 Å². The van der Waals surface area contributed by atoms with Crippen LogP contribution in [0.25, 0.3) is 0 Å². The first kappa shape index (κ1) is 26.5. The molecule has 3 aliphatic rings. The molecule has 0 saturated heterocycles. The van der Waals surface area contributed by atoms with Crippen LogP contribution in [0.3, 0.4) is 0 Å². The highest BCUT2D eigenvalue weighted by Crippen LogP contribution is 2.45. The van der Waals surface area contributed by atoms with Crippen molar-refractivity contribution in [1.29, 1.82) is 0 Å². The van der Waals surface area contributed by atoms with Crippen molar-refractivity contribution in [2.45, 2.75) is 97.1 Å². The molecule has 0 N–H and O–H groups in total. The van der Waals surface area contributed by atoms with Gasteiger partial charge < -0.3 is 4.74 Å². The second-order valence-electron chi connectivity index (χ2n) is 11.5. The first-order valence-electron chi connectivity index (χ1n) is 13.9. The van der Waals surface area contributed by atoms with Crippen LogP contribution in [-0.4, -0.2) is 6.61 Å². The topological polar surface area (TPSA) is 9.23 Å². The van der Waals surface area contributed by atoms with Crippen LogP contribution in [-0.2, 0) is 6.18 Å². The molecule has 1 nitrogen and oxygen atoms in total. The van der Waals surface area contributed by atoms with Crippen LogP contribution in [0.1, 0.15) is 95.1 Å². The minimum Gasteiger partial charge on any atom is -0.493 e. The van der Waals surface area contributed by atoms with Gasteiger partial charge in [-0.2, -0.15) is 13.2 Å². The molecule has 0 bridgehead atoms. The van der Waals surface area contributed by atoms with Crippen LogP contribution in [0, 0.1) is 48.2 Å². The number of alkyl halides is 3. The number of halogens is 4. The molecule has 2 saturated carbocycles. The Bertz CT molecular complexity index is 845. The van der Waals surface area contributed by atoms with Gasteiger partial charge in [0.05, 0.1) is 6.61 Å². The number of allylic oxidation sites excluding steroid dienone is 2. The monoisotopic (exact) mass is 494 g/mol. The highest BCUT2D eigenvalue weighted by atomic mass is 19.4. The van der Waals surface area contributed by atoms with Crippen LogP contribution >= 0.6 is 0 Å². The van der Waals surface area contributed by atoms with Gasteiger partial charge in [-0.15, -0.1) is 0 Å². The maximum absolute atomic E-state index is 14.2. The molecule has 4 rings (SSSR count). The Labute approximate surface area is 208 Å². The van der Waals surface area contributed by atoms with Crippen molar-refractivity contribution in [3.05, 3.63) is 41.2 Å². The molecular weight excluding hydrogens is 452 g/mol. The zero-order valence-corrected chi connectivity index (χ0v) is 21.4. The average Bonchev–Trinajstić information content (AvgIpc) is 2.85. The fraction of sp³-hybridized carbons (Fsp3) is 0.733. The van der Waals surface area contributed by atoms with Crippen molar-refractivity contribution < 1.29 is 22.3 Å². The van der Waals surface area contributed by atoms with E-state index >= 15 is 0 Å². The summed E-state index contributed by atoms with van der Waals surface area (Å²) in [4.78, 5) is 0. The molecule has 0 radical (unpaired) electrons. The van der Waals surface area contributed by atoms with E-state index < -0.39 is 17.6 Å². The van der Waals surface area contributed by atoms with E-state index in [4.69, 9.17) is 4.74 Å². The minimum atomic E-state index is -4.76. The molecule has 1 aromatic rings. The molecule has 2 unspecified atom stereocenters. The minimum absolute atomic E-state index is 0.0138. The van der Waals surface area contributed by atoms with E-state index in [9.17, 15) is 17.6 Å². The Morgan fingerprint density at radius 2 is 1.46 bits per heavy atom. The lowest BCUT2D eigenvalue weighted by Crippen LogP contribution is -2.29. The largest absolute Gasteiger partial charge is 0.493 e. The maximum Gasteiger partial charge on any atom is 0.422 e. The molecule has 5 heteroatoms. The number of benzene rings is 1. The molecule has 0 heterocycles. The summed E-state index contributed by atoms with van der Waals surface area (Å²) in [7, 11) is 0. The molecule has 2 fully saturated rings. The Kier molecular flexibility index (Phi) is 8.86. The summed E-state index contributed by atoms with van der Waals surface area (Å²) in [5.74, 6) is 2.63. The van der Waals surface area contributed by atoms with Crippen molar-refractivity contribution in [1.82, 2.24) is 0 Å². The van der Waals surface area contributed by atoms with E-state index in [1.54, 1.807) is 0 Å². The highest BCUT2D eigenvalue weighted by molar-refractivity contribution is 5.40. The van der Waals surface area contributed by atoms with Crippen LogP contribution in [0.5, 0.6) is 5.75 Å². The molecule has 3 aliphatic carbocycles. The van der Waals surface area contributed by atoms with E-state index in [0.717, 1.165) is 55.3 Å². The summed E-state index contributed by atoms with van der Waals surface area (Å²) in [6, 6.07) is 2.62. The van der Waals surface area contributed by atoms with Gasteiger partial charge in [0.15, 0.2) is 0 Å². The fourth-order valence-corrected chi connectivity index (χ4v) is 7.03. The molecule has 0 aliphatic heterocycles. The fourth-order valence-electron chi connectivity index (χ4n) is 7.03. The smallest absolute Gasteiger partial charge is 0.422 e. The van der Waals surface area contributed by atoms with Gasteiger partial charge in [0.25, 0.3) is 0 Å². The highest BCUT2D eigenvalue weighted by Gasteiger charge is 2.39. The summed E-state index contributed by atoms with van der Waals surface area (Å²) >= 11 is 0. The number of hydrogen-bond acceptors (Lipinski definition) is 1. The first-order chi connectivity index (χ1) is 16.8. The quantitative estimate of drug-likeness (QED) is 0.271. The average molecular weight is 495 g/mol. The molecule has 0 spiro atoms. The van der Waals surface area contributed by atoms with Gasteiger partial charge in [-0.3, -0.25) is 0 Å². The van der Waals surface area contributed by atoms with Gasteiger partial charge in [-0.1, -0.05) is 31.6 Å². The molecule has 196 valence electrons. The van der Waals surface area contributed by atoms with Crippen LogP contribution in [0.4, 0.5) is 17.6 Å². The third kappa shape index (κ3) is 6.63. The van der Waals surface area contributed by atoms with Crippen molar-refractivity contribution in [2.24, 2.45) is 35.5 Å². The first-order valence-corrected chi connectivity index (χ1v) is 13.9. The van der Waals surface area contributed by atoms with Gasteiger partial charge in [-0.25, -0.2) is 4.39 Å². The third-order valence-corrected chi connectivity index (χ3v) is 9.20. The van der Waals surface area contributed by atoms with Gasteiger partial charge in [0.2, 0.25) is 0 Å². The van der Waals surface area contributed by atoms with Crippen molar-refractivity contribution in [2.75, 3.05) is 6.61 Å². The summed E-state index contributed by atoms with van der Waals surface area (Å²) < 4.78 is 59.9. The Balaban J connectivity index is 1.21. The molecule has 0 aromatic heterocycles. The summed E-state index contributed by atoms with van der Waals surface area (Å²) in [6.45, 7) is 3.85. The Morgan fingerprint density at radius 1 is 0.829 bits per heavy atom.